The predicted octanol–water partition coefficient (Wildman–Crippen LogP) is 1.83. The number of nitrogens with zero attached hydrogens (tertiary/aromatic N) is 1. The van der Waals surface area contributed by atoms with Gasteiger partial charge < -0.3 is 4.74 Å². The molecule has 2 rings (SSSR count). The lowest BCUT2D eigenvalue weighted by molar-refractivity contribution is 0.174. The van der Waals surface area contributed by atoms with Crippen molar-refractivity contribution in [3.63, 3.8) is 0 Å². The first kappa shape index (κ1) is 8.06. The molecule has 0 radical (unpaired) electrons. The van der Waals surface area contributed by atoms with Gasteiger partial charge in [0.15, 0.2) is 0 Å². The molecule has 3 heteroatoms. The van der Waals surface area contributed by atoms with E-state index >= 15 is 0 Å². The number of hydrogen-bond acceptors (Lipinski definition) is 2. The molecule has 1 unspecified atom stereocenters. The molecule has 0 amide bonds. The van der Waals surface area contributed by atoms with Gasteiger partial charge in [-0.3, -0.25) is 0 Å². The van der Waals surface area contributed by atoms with Crippen molar-refractivity contribution in [2.24, 2.45) is 0 Å². The second-order valence-electron chi connectivity index (χ2n) is 3.05. The summed E-state index contributed by atoms with van der Waals surface area (Å²) in [6.07, 6.45) is -0.591. The Morgan fingerprint density at radius 3 is 3.15 bits per heavy atom. The van der Waals surface area contributed by atoms with Gasteiger partial charge >= 0.3 is 0 Å². The van der Waals surface area contributed by atoms with Crippen LogP contribution in [0.25, 0.3) is 0 Å². The summed E-state index contributed by atoms with van der Waals surface area (Å²) in [6, 6.07) is 7.10. The molecule has 0 N–H and O–H groups in total. The van der Waals surface area contributed by atoms with E-state index in [-0.39, 0.29) is 6.61 Å². The Morgan fingerprint density at radius 1 is 1.54 bits per heavy atom. The van der Waals surface area contributed by atoms with Gasteiger partial charge in [0, 0.05) is 6.42 Å². The van der Waals surface area contributed by atoms with Crippen molar-refractivity contribution in [1.29, 1.82) is 5.26 Å². The van der Waals surface area contributed by atoms with Gasteiger partial charge in [0.25, 0.3) is 0 Å². The quantitative estimate of drug-likeness (QED) is 0.605. The van der Waals surface area contributed by atoms with Crippen LogP contribution in [0.3, 0.4) is 0 Å². The minimum atomic E-state index is -0.943. The summed E-state index contributed by atoms with van der Waals surface area (Å²) in [4.78, 5) is 0. The summed E-state index contributed by atoms with van der Waals surface area (Å²) in [7, 11) is 0. The van der Waals surface area contributed by atoms with Crippen molar-refractivity contribution in [3.05, 3.63) is 29.3 Å². The number of rotatable bonds is 0. The average Bonchev–Trinajstić information content (AvgIpc) is 2.16. The number of fused-ring (bicyclic) bond motifs is 1. The van der Waals surface area contributed by atoms with Crippen LogP contribution < -0.4 is 4.74 Å². The molecular weight excluding hydrogens is 169 g/mol. The molecule has 0 aromatic heterocycles. The maximum Gasteiger partial charge on any atom is 0.138 e. The Balaban J connectivity index is 2.39. The molecule has 1 aromatic rings. The molecular formula is C10H8FNO. The zero-order valence-corrected chi connectivity index (χ0v) is 6.96. The van der Waals surface area contributed by atoms with Crippen LogP contribution in [0.5, 0.6) is 5.75 Å². The molecule has 2 nitrogen and oxygen atoms in total. The summed E-state index contributed by atoms with van der Waals surface area (Å²) >= 11 is 0. The van der Waals surface area contributed by atoms with Gasteiger partial charge in [-0.2, -0.15) is 5.26 Å². The van der Waals surface area contributed by atoms with Gasteiger partial charge in [-0.05, 0) is 23.8 Å². The van der Waals surface area contributed by atoms with Crippen molar-refractivity contribution in [2.45, 2.75) is 12.6 Å². The topological polar surface area (TPSA) is 33.0 Å². The number of benzene rings is 1. The zero-order chi connectivity index (χ0) is 9.26. The number of hydrogen-bond donors (Lipinski definition) is 0. The third-order valence-corrected chi connectivity index (χ3v) is 2.05. The van der Waals surface area contributed by atoms with Crippen LogP contribution in [0.15, 0.2) is 18.2 Å². The second kappa shape index (κ2) is 3.06. The Labute approximate surface area is 75.6 Å². The molecule has 1 atom stereocenters. The molecule has 0 bridgehead atoms. The lowest BCUT2D eigenvalue weighted by Gasteiger charge is -2.19. The smallest absolute Gasteiger partial charge is 0.138 e. The van der Waals surface area contributed by atoms with Gasteiger partial charge in [0.2, 0.25) is 0 Å². The fraction of sp³-hybridized carbons (Fsp3) is 0.300. The summed E-state index contributed by atoms with van der Waals surface area (Å²) in [5.41, 5.74) is 1.34. The lowest BCUT2D eigenvalue weighted by atomic mass is 10.0. The summed E-state index contributed by atoms with van der Waals surface area (Å²) in [5, 5.41) is 8.62. The highest BCUT2D eigenvalue weighted by Crippen LogP contribution is 2.26. The average molecular weight is 177 g/mol. The van der Waals surface area contributed by atoms with Crippen molar-refractivity contribution in [1.82, 2.24) is 0 Å². The van der Waals surface area contributed by atoms with E-state index < -0.39 is 6.17 Å². The number of alkyl halides is 1. The predicted molar refractivity (Wildman–Crippen MR) is 45.3 cm³/mol. The molecule has 66 valence electrons. The zero-order valence-electron chi connectivity index (χ0n) is 6.96. The SMILES string of the molecule is N#Cc1ccc2c(c1)CC(F)CO2. The number of ether oxygens (including phenoxy) is 1. The van der Waals surface area contributed by atoms with Crippen molar-refractivity contribution in [3.8, 4) is 11.8 Å². The maximum atomic E-state index is 12.9. The van der Waals surface area contributed by atoms with E-state index in [1.54, 1.807) is 18.2 Å². The standard InChI is InChI=1S/C10H8FNO/c11-9-4-8-3-7(5-12)1-2-10(8)13-6-9/h1-3,9H,4,6H2. The Morgan fingerprint density at radius 2 is 2.38 bits per heavy atom. The summed E-state index contributed by atoms with van der Waals surface area (Å²) in [6.45, 7) is 0.124. The fourth-order valence-corrected chi connectivity index (χ4v) is 1.43. The van der Waals surface area contributed by atoms with Gasteiger partial charge in [-0.25, -0.2) is 4.39 Å². The molecule has 0 aliphatic carbocycles. The number of halogens is 1. The Bertz CT molecular complexity index is 370. The van der Waals surface area contributed by atoms with E-state index in [1.807, 2.05) is 6.07 Å². The molecule has 1 heterocycles. The minimum Gasteiger partial charge on any atom is -0.490 e. The van der Waals surface area contributed by atoms with E-state index in [0.29, 0.717) is 17.7 Å². The number of nitriles is 1. The van der Waals surface area contributed by atoms with Crippen molar-refractivity contribution in [2.75, 3.05) is 6.61 Å². The molecule has 1 aromatic carbocycles. The van der Waals surface area contributed by atoms with Gasteiger partial charge in [0.05, 0.1) is 11.6 Å². The molecule has 0 saturated heterocycles. The normalized spacial score (nSPS) is 19.8. The van der Waals surface area contributed by atoms with Crippen LogP contribution in [0.1, 0.15) is 11.1 Å². The van der Waals surface area contributed by atoms with Gasteiger partial charge in [-0.1, -0.05) is 0 Å². The van der Waals surface area contributed by atoms with Crippen LogP contribution in [-0.2, 0) is 6.42 Å². The van der Waals surface area contributed by atoms with Crippen molar-refractivity contribution >= 4 is 0 Å². The van der Waals surface area contributed by atoms with Gasteiger partial charge in [-0.15, -0.1) is 0 Å². The monoisotopic (exact) mass is 177 g/mol. The molecule has 0 spiro atoms. The molecule has 1 aliphatic rings. The first-order valence-electron chi connectivity index (χ1n) is 4.09. The summed E-state index contributed by atoms with van der Waals surface area (Å²) < 4.78 is 18.0. The molecule has 1 aliphatic heterocycles. The summed E-state index contributed by atoms with van der Waals surface area (Å²) in [5.74, 6) is 0.702. The highest BCUT2D eigenvalue weighted by Gasteiger charge is 2.18. The van der Waals surface area contributed by atoms with Crippen LogP contribution in [-0.4, -0.2) is 12.8 Å². The third-order valence-electron chi connectivity index (χ3n) is 2.05. The van der Waals surface area contributed by atoms with E-state index in [4.69, 9.17) is 10.00 Å². The largest absolute Gasteiger partial charge is 0.490 e. The first-order valence-corrected chi connectivity index (χ1v) is 4.09. The van der Waals surface area contributed by atoms with E-state index in [1.165, 1.54) is 0 Å². The van der Waals surface area contributed by atoms with Gasteiger partial charge in [0.1, 0.15) is 18.5 Å². The maximum absolute atomic E-state index is 12.9. The molecule has 13 heavy (non-hydrogen) atoms. The Hall–Kier alpha value is -1.56. The Kier molecular flexibility index (Phi) is 1.90. The third kappa shape index (κ3) is 1.48. The second-order valence-corrected chi connectivity index (χ2v) is 3.05. The highest BCUT2D eigenvalue weighted by molar-refractivity contribution is 5.43. The van der Waals surface area contributed by atoms with E-state index in [9.17, 15) is 4.39 Å². The highest BCUT2D eigenvalue weighted by atomic mass is 19.1. The molecule has 0 fully saturated rings. The van der Waals surface area contributed by atoms with Crippen LogP contribution in [0.2, 0.25) is 0 Å². The lowest BCUT2D eigenvalue weighted by Crippen LogP contribution is -2.21. The van der Waals surface area contributed by atoms with E-state index in [0.717, 1.165) is 5.56 Å². The first-order chi connectivity index (χ1) is 6.29. The molecule has 0 saturated carbocycles. The van der Waals surface area contributed by atoms with Crippen LogP contribution in [0, 0.1) is 11.3 Å². The van der Waals surface area contributed by atoms with Crippen LogP contribution in [0.4, 0.5) is 4.39 Å². The van der Waals surface area contributed by atoms with Crippen molar-refractivity contribution < 1.29 is 9.13 Å². The minimum absolute atomic E-state index is 0.124. The fourth-order valence-electron chi connectivity index (χ4n) is 1.43. The van der Waals surface area contributed by atoms with E-state index in [2.05, 4.69) is 0 Å². The van der Waals surface area contributed by atoms with Crippen LogP contribution >= 0.6 is 0 Å².